The van der Waals surface area contributed by atoms with E-state index in [4.69, 9.17) is 9.47 Å². The van der Waals surface area contributed by atoms with Crippen LogP contribution in [0, 0.1) is 5.82 Å². The van der Waals surface area contributed by atoms with Crippen LogP contribution >= 0.6 is 0 Å². The lowest BCUT2D eigenvalue weighted by Crippen LogP contribution is -2.64. The van der Waals surface area contributed by atoms with E-state index in [2.05, 4.69) is 15.1 Å². The fourth-order valence-corrected chi connectivity index (χ4v) is 3.47. The molecule has 0 saturated carbocycles. The topological polar surface area (TPSA) is 57.2 Å². The van der Waals surface area contributed by atoms with E-state index >= 15 is 0 Å². The molecule has 25 heavy (non-hydrogen) atoms. The first kappa shape index (κ1) is 18.7. The van der Waals surface area contributed by atoms with Crippen LogP contribution in [0.5, 0.6) is 0 Å². The highest BCUT2D eigenvalue weighted by molar-refractivity contribution is 5.16. The molecule has 2 heterocycles. The van der Waals surface area contributed by atoms with Crippen molar-refractivity contribution in [1.82, 2.24) is 15.1 Å². The van der Waals surface area contributed by atoms with Crippen molar-refractivity contribution in [2.45, 2.75) is 37.1 Å². The fourth-order valence-electron chi connectivity index (χ4n) is 3.47. The summed E-state index contributed by atoms with van der Waals surface area (Å²) in [6, 6.07) is 5.93. The van der Waals surface area contributed by atoms with Crippen LogP contribution in [0.25, 0.3) is 0 Å². The molecule has 3 rings (SSSR count). The van der Waals surface area contributed by atoms with Crippen LogP contribution in [0.15, 0.2) is 24.3 Å². The molecule has 2 aliphatic heterocycles. The van der Waals surface area contributed by atoms with Crippen molar-refractivity contribution in [2.75, 3.05) is 40.8 Å². The Balaban J connectivity index is 1.63. The van der Waals surface area contributed by atoms with Crippen LogP contribution in [0.4, 0.5) is 4.39 Å². The van der Waals surface area contributed by atoms with E-state index < -0.39 is 12.4 Å². The van der Waals surface area contributed by atoms with E-state index in [0.717, 1.165) is 18.7 Å². The SMILES string of the molecule is CN(C)CCN(C)[C@H]1[C@@H]2OC[C@@H](O2)[C@@H](NCc2ccc(F)cc2)[C@@H]1O. The number of rotatable bonds is 7. The second kappa shape index (κ2) is 8.07. The highest BCUT2D eigenvalue weighted by atomic mass is 19.1. The summed E-state index contributed by atoms with van der Waals surface area (Å²) in [5.41, 5.74) is 0.965. The summed E-state index contributed by atoms with van der Waals surface area (Å²) >= 11 is 0. The van der Waals surface area contributed by atoms with Crippen molar-refractivity contribution >= 4 is 0 Å². The van der Waals surface area contributed by atoms with Gasteiger partial charge in [0.05, 0.1) is 24.8 Å². The summed E-state index contributed by atoms with van der Waals surface area (Å²) in [6.45, 7) is 2.72. The molecule has 2 aliphatic rings. The molecule has 0 aliphatic carbocycles. The van der Waals surface area contributed by atoms with E-state index in [-0.39, 0.29) is 24.0 Å². The lowest BCUT2D eigenvalue weighted by atomic mass is 9.94. The van der Waals surface area contributed by atoms with E-state index in [1.165, 1.54) is 12.1 Å². The van der Waals surface area contributed by atoms with Crippen molar-refractivity contribution in [2.24, 2.45) is 0 Å². The first-order chi connectivity index (χ1) is 12.0. The molecule has 1 aromatic carbocycles. The Morgan fingerprint density at radius 3 is 2.60 bits per heavy atom. The number of aliphatic hydroxyl groups is 1. The summed E-state index contributed by atoms with van der Waals surface area (Å²) in [6.07, 6.45) is -1.16. The third-order valence-electron chi connectivity index (χ3n) is 4.99. The zero-order chi connectivity index (χ0) is 18.0. The van der Waals surface area contributed by atoms with Gasteiger partial charge in [-0.1, -0.05) is 12.1 Å². The summed E-state index contributed by atoms with van der Waals surface area (Å²) in [7, 11) is 6.04. The predicted octanol–water partition coefficient (Wildman–Crippen LogP) is 0.262. The Morgan fingerprint density at radius 1 is 1.20 bits per heavy atom. The average molecular weight is 353 g/mol. The van der Waals surface area contributed by atoms with Gasteiger partial charge >= 0.3 is 0 Å². The van der Waals surface area contributed by atoms with E-state index in [1.807, 2.05) is 21.1 Å². The van der Waals surface area contributed by atoms with Crippen molar-refractivity contribution in [3.8, 4) is 0 Å². The monoisotopic (exact) mass is 353 g/mol. The number of benzene rings is 1. The Hall–Kier alpha value is -1.09. The molecular weight excluding hydrogens is 325 g/mol. The van der Waals surface area contributed by atoms with Crippen LogP contribution in [0.3, 0.4) is 0 Å². The van der Waals surface area contributed by atoms with Gasteiger partial charge in [0.25, 0.3) is 0 Å². The first-order valence-corrected chi connectivity index (χ1v) is 8.73. The first-order valence-electron chi connectivity index (χ1n) is 8.73. The molecular formula is C18H28FN3O3. The molecule has 2 bridgehead atoms. The molecule has 0 amide bonds. The third-order valence-corrected chi connectivity index (χ3v) is 4.99. The number of fused-ring (bicyclic) bond motifs is 2. The standard InChI is InChI=1S/C18H28FN3O3/c1-21(2)8-9-22(3)16-17(23)15(14-11-24-18(16)25-14)20-10-12-4-6-13(19)7-5-12/h4-7,14-18,20,23H,8-11H2,1-3H3/t14-,15-,16-,17+,18-/m1/s1. The van der Waals surface area contributed by atoms with Gasteiger partial charge in [-0.25, -0.2) is 4.39 Å². The molecule has 1 aromatic rings. The molecule has 0 radical (unpaired) electrons. The van der Waals surface area contributed by atoms with Crippen LogP contribution < -0.4 is 5.32 Å². The third kappa shape index (κ3) is 4.36. The van der Waals surface area contributed by atoms with Crippen LogP contribution in [0.2, 0.25) is 0 Å². The molecule has 140 valence electrons. The number of aliphatic hydroxyl groups excluding tert-OH is 1. The van der Waals surface area contributed by atoms with Crippen LogP contribution in [-0.2, 0) is 16.0 Å². The molecule has 2 fully saturated rings. The number of nitrogens with zero attached hydrogens (tertiary/aromatic N) is 2. The molecule has 2 N–H and O–H groups in total. The number of ether oxygens (including phenoxy) is 2. The van der Waals surface area contributed by atoms with Gasteiger partial charge in [-0.2, -0.15) is 0 Å². The second-order valence-corrected chi connectivity index (χ2v) is 7.17. The van der Waals surface area contributed by atoms with Crippen molar-refractivity contribution in [1.29, 1.82) is 0 Å². The van der Waals surface area contributed by atoms with Gasteiger partial charge in [0.2, 0.25) is 0 Å². The van der Waals surface area contributed by atoms with E-state index in [0.29, 0.717) is 13.2 Å². The average Bonchev–Trinajstić information content (AvgIpc) is 2.99. The molecule has 0 spiro atoms. The maximum Gasteiger partial charge on any atom is 0.176 e. The van der Waals surface area contributed by atoms with Crippen molar-refractivity contribution in [3.05, 3.63) is 35.6 Å². The lowest BCUT2D eigenvalue weighted by molar-refractivity contribution is -0.179. The summed E-state index contributed by atoms with van der Waals surface area (Å²) in [5, 5.41) is 14.3. The minimum Gasteiger partial charge on any atom is -0.390 e. The smallest absolute Gasteiger partial charge is 0.176 e. The number of nitrogens with one attached hydrogen (secondary N) is 1. The number of hydrogen-bond donors (Lipinski definition) is 2. The zero-order valence-electron chi connectivity index (χ0n) is 15.1. The maximum atomic E-state index is 13.0. The van der Waals surface area contributed by atoms with Gasteiger partial charge < -0.3 is 24.8 Å². The van der Waals surface area contributed by atoms with Crippen LogP contribution in [-0.4, -0.2) is 86.3 Å². The second-order valence-electron chi connectivity index (χ2n) is 7.17. The Morgan fingerprint density at radius 2 is 1.92 bits per heavy atom. The molecule has 0 aromatic heterocycles. The Labute approximate surface area is 148 Å². The normalized spacial score (nSPS) is 31.9. The molecule has 6 nitrogen and oxygen atoms in total. The van der Waals surface area contributed by atoms with Gasteiger partial charge in [0.1, 0.15) is 11.9 Å². The highest BCUT2D eigenvalue weighted by Gasteiger charge is 2.51. The van der Waals surface area contributed by atoms with E-state index in [1.54, 1.807) is 12.1 Å². The molecule has 2 saturated heterocycles. The number of likely N-dealkylation sites (N-methyl/N-ethyl adjacent to an activating group) is 2. The van der Waals surface area contributed by atoms with Gasteiger partial charge in [0, 0.05) is 19.6 Å². The van der Waals surface area contributed by atoms with Gasteiger partial charge in [-0.3, -0.25) is 4.90 Å². The summed E-state index contributed by atoms with van der Waals surface area (Å²) < 4.78 is 24.8. The predicted molar refractivity (Wildman–Crippen MR) is 92.6 cm³/mol. The van der Waals surface area contributed by atoms with Crippen molar-refractivity contribution in [3.63, 3.8) is 0 Å². The number of halogens is 1. The quantitative estimate of drug-likeness (QED) is 0.734. The molecule has 5 atom stereocenters. The molecule has 0 unspecified atom stereocenters. The van der Waals surface area contributed by atoms with Gasteiger partial charge in [-0.05, 0) is 38.8 Å². The summed E-state index contributed by atoms with van der Waals surface area (Å²) in [4.78, 5) is 4.21. The highest BCUT2D eigenvalue weighted by Crippen LogP contribution is 2.31. The maximum absolute atomic E-state index is 13.0. The fraction of sp³-hybridized carbons (Fsp3) is 0.667. The van der Waals surface area contributed by atoms with E-state index in [9.17, 15) is 9.50 Å². The minimum atomic E-state index is -0.598. The minimum absolute atomic E-state index is 0.168. The van der Waals surface area contributed by atoms with Crippen LogP contribution in [0.1, 0.15) is 5.56 Å². The number of hydrogen-bond acceptors (Lipinski definition) is 6. The Bertz CT molecular complexity index is 557. The molecule has 7 heteroatoms. The Kier molecular flexibility index (Phi) is 6.04. The zero-order valence-corrected chi connectivity index (χ0v) is 15.1. The largest absolute Gasteiger partial charge is 0.390 e. The summed E-state index contributed by atoms with van der Waals surface area (Å²) in [5.74, 6) is -0.251. The van der Waals surface area contributed by atoms with Gasteiger partial charge in [0.15, 0.2) is 6.29 Å². The van der Waals surface area contributed by atoms with Gasteiger partial charge in [-0.15, -0.1) is 0 Å². The van der Waals surface area contributed by atoms with Crippen molar-refractivity contribution < 1.29 is 19.0 Å². The lowest BCUT2D eigenvalue weighted by Gasteiger charge is -2.43.